The Balaban J connectivity index is 2.01. The molecule has 1 aliphatic heterocycles. The zero-order chi connectivity index (χ0) is 13.7. The van der Waals surface area contributed by atoms with Gasteiger partial charge in [0.1, 0.15) is 5.82 Å². The first-order valence-corrected chi connectivity index (χ1v) is 7.27. The van der Waals surface area contributed by atoms with Crippen molar-refractivity contribution in [2.24, 2.45) is 0 Å². The third-order valence-corrected chi connectivity index (χ3v) is 4.00. The predicted molar refractivity (Wildman–Crippen MR) is 77.9 cm³/mol. The lowest BCUT2D eigenvalue weighted by atomic mass is 9.88. The molecule has 1 unspecified atom stereocenters. The maximum absolute atomic E-state index is 10.8. The second-order valence-corrected chi connectivity index (χ2v) is 5.64. The van der Waals surface area contributed by atoms with Crippen molar-refractivity contribution < 1.29 is 5.11 Å². The van der Waals surface area contributed by atoms with Crippen LogP contribution in [0.1, 0.15) is 38.2 Å². The van der Waals surface area contributed by atoms with Crippen LogP contribution in [-0.4, -0.2) is 40.2 Å². The molecule has 0 bridgehead atoms. The van der Waals surface area contributed by atoms with Crippen LogP contribution in [0.4, 0.5) is 5.82 Å². The van der Waals surface area contributed by atoms with Crippen molar-refractivity contribution in [1.82, 2.24) is 9.88 Å². The molecule has 2 heterocycles. The highest BCUT2D eigenvalue weighted by Crippen LogP contribution is 2.27. The lowest BCUT2D eigenvalue weighted by Gasteiger charge is -2.27. The van der Waals surface area contributed by atoms with Crippen molar-refractivity contribution in [3.8, 4) is 0 Å². The molecule has 1 fully saturated rings. The molecular formula is C15H25N3O. The van der Waals surface area contributed by atoms with Gasteiger partial charge in [-0.1, -0.05) is 13.0 Å². The Morgan fingerprint density at radius 2 is 2.26 bits per heavy atom. The quantitative estimate of drug-likeness (QED) is 0.870. The van der Waals surface area contributed by atoms with E-state index in [1.54, 1.807) is 6.20 Å². The van der Waals surface area contributed by atoms with Crippen LogP contribution in [0, 0.1) is 0 Å². The van der Waals surface area contributed by atoms with E-state index in [9.17, 15) is 5.11 Å². The molecule has 0 amide bonds. The normalized spacial score (nSPS) is 25.2. The van der Waals surface area contributed by atoms with Gasteiger partial charge in [-0.2, -0.15) is 0 Å². The first-order chi connectivity index (χ1) is 9.13. The summed E-state index contributed by atoms with van der Waals surface area (Å²) in [6.45, 7) is 5.40. The average molecular weight is 263 g/mol. The monoisotopic (exact) mass is 263 g/mol. The summed E-state index contributed by atoms with van der Waals surface area (Å²) in [7, 11) is 0. The Labute approximate surface area is 115 Å². The smallest absolute Gasteiger partial charge is 0.126 e. The van der Waals surface area contributed by atoms with Crippen molar-refractivity contribution in [1.29, 1.82) is 0 Å². The van der Waals surface area contributed by atoms with Gasteiger partial charge in [0, 0.05) is 19.2 Å². The molecule has 2 rings (SSSR count). The summed E-state index contributed by atoms with van der Waals surface area (Å²) in [5, 5.41) is 10.8. The minimum Gasteiger partial charge on any atom is -0.389 e. The Kier molecular flexibility index (Phi) is 4.77. The maximum Gasteiger partial charge on any atom is 0.126 e. The fraction of sp³-hybridized carbons (Fsp3) is 0.667. The SMILES string of the molecule is CCCN1CCCC(O)(Cc2cccnc2N)CC1. The number of aliphatic hydroxyl groups is 1. The van der Waals surface area contributed by atoms with E-state index in [1.807, 2.05) is 12.1 Å². The lowest BCUT2D eigenvalue weighted by Crippen LogP contribution is -2.34. The Hall–Kier alpha value is -1.13. The molecule has 19 heavy (non-hydrogen) atoms. The summed E-state index contributed by atoms with van der Waals surface area (Å²) in [6.07, 6.45) is 6.21. The van der Waals surface area contributed by atoms with Gasteiger partial charge in [0.05, 0.1) is 5.60 Å². The number of aromatic nitrogens is 1. The van der Waals surface area contributed by atoms with Crippen molar-refractivity contribution in [3.63, 3.8) is 0 Å². The minimum atomic E-state index is -0.625. The van der Waals surface area contributed by atoms with Crippen molar-refractivity contribution in [2.75, 3.05) is 25.4 Å². The third kappa shape index (κ3) is 3.91. The fourth-order valence-electron chi connectivity index (χ4n) is 2.91. The highest BCUT2D eigenvalue weighted by molar-refractivity contribution is 5.39. The molecule has 0 spiro atoms. The predicted octanol–water partition coefficient (Wildman–Crippen LogP) is 1.83. The summed E-state index contributed by atoms with van der Waals surface area (Å²) < 4.78 is 0. The molecule has 4 heteroatoms. The Morgan fingerprint density at radius 3 is 3.00 bits per heavy atom. The minimum absolute atomic E-state index is 0.547. The number of likely N-dealkylation sites (tertiary alicyclic amines) is 1. The third-order valence-electron chi connectivity index (χ3n) is 4.00. The van der Waals surface area contributed by atoms with E-state index in [4.69, 9.17) is 5.73 Å². The number of pyridine rings is 1. The number of anilines is 1. The highest BCUT2D eigenvalue weighted by atomic mass is 16.3. The molecule has 1 aliphatic rings. The second-order valence-electron chi connectivity index (χ2n) is 5.64. The van der Waals surface area contributed by atoms with Crippen LogP contribution >= 0.6 is 0 Å². The summed E-state index contributed by atoms with van der Waals surface area (Å²) in [5.41, 5.74) is 6.22. The molecular weight excluding hydrogens is 238 g/mol. The number of rotatable bonds is 4. The van der Waals surface area contributed by atoms with Crippen LogP contribution in [0.2, 0.25) is 0 Å². The summed E-state index contributed by atoms with van der Waals surface area (Å²) >= 11 is 0. The fourth-order valence-corrected chi connectivity index (χ4v) is 2.91. The zero-order valence-electron chi connectivity index (χ0n) is 11.8. The van der Waals surface area contributed by atoms with E-state index in [1.165, 1.54) is 6.42 Å². The van der Waals surface area contributed by atoms with Gasteiger partial charge in [-0.25, -0.2) is 4.98 Å². The van der Waals surface area contributed by atoms with E-state index in [0.29, 0.717) is 12.2 Å². The summed E-state index contributed by atoms with van der Waals surface area (Å²) in [4.78, 5) is 6.55. The molecule has 3 N–H and O–H groups in total. The molecule has 106 valence electrons. The largest absolute Gasteiger partial charge is 0.389 e. The molecule has 1 aromatic heterocycles. The topological polar surface area (TPSA) is 62.4 Å². The van der Waals surface area contributed by atoms with Gasteiger partial charge >= 0.3 is 0 Å². The van der Waals surface area contributed by atoms with Crippen molar-refractivity contribution >= 4 is 5.82 Å². The zero-order valence-corrected chi connectivity index (χ0v) is 11.8. The van der Waals surface area contributed by atoms with Crippen LogP contribution in [0.25, 0.3) is 0 Å². The Bertz CT molecular complexity index is 410. The molecule has 1 saturated heterocycles. The molecule has 1 atom stereocenters. The van der Waals surface area contributed by atoms with Gasteiger partial charge in [-0.05, 0) is 50.4 Å². The molecule has 0 aromatic carbocycles. The van der Waals surface area contributed by atoms with Crippen LogP contribution < -0.4 is 5.73 Å². The van der Waals surface area contributed by atoms with Crippen LogP contribution in [-0.2, 0) is 6.42 Å². The highest BCUT2D eigenvalue weighted by Gasteiger charge is 2.30. The van der Waals surface area contributed by atoms with Crippen molar-refractivity contribution in [2.45, 2.75) is 44.6 Å². The molecule has 4 nitrogen and oxygen atoms in total. The van der Waals surface area contributed by atoms with E-state index < -0.39 is 5.60 Å². The number of hydrogen-bond acceptors (Lipinski definition) is 4. The maximum atomic E-state index is 10.8. The molecule has 1 aromatic rings. The van der Waals surface area contributed by atoms with E-state index in [2.05, 4.69) is 16.8 Å². The standard InChI is InChI=1S/C15H25N3O/c1-2-9-18-10-4-6-15(19,7-11-18)12-13-5-3-8-17-14(13)16/h3,5,8,19H,2,4,6-7,9-12H2,1H3,(H2,16,17). The molecule has 0 aliphatic carbocycles. The van der Waals surface area contributed by atoms with Gasteiger partial charge in [0.25, 0.3) is 0 Å². The van der Waals surface area contributed by atoms with E-state index in [0.717, 1.165) is 44.5 Å². The average Bonchev–Trinajstić information content (AvgIpc) is 2.56. The first-order valence-electron chi connectivity index (χ1n) is 7.27. The van der Waals surface area contributed by atoms with Crippen molar-refractivity contribution in [3.05, 3.63) is 23.9 Å². The summed E-state index contributed by atoms with van der Waals surface area (Å²) in [6, 6.07) is 3.85. The first kappa shape index (κ1) is 14.3. The number of hydrogen-bond donors (Lipinski definition) is 2. The molecule has 0 radical (unpaired) electrons. The van der Waals surface area contributed by atoms with E-state index >= 15 is 0 Å². The van der Waals surface area contributed by atoms with Gasteiger partial charge in [0.15, 0.2) is 0 Å². The molecule has 0 saturated carbocycles. The van der Waals surface area contributed by atoms with Crippen LogP contribution in [0.15, 0.2) is 18.3 Å². The van der Waals surface area contributed by atoms with Gasteiger partial charge in [0.2, 0.25) is 0 Å². The second kappa shape index (κ2) is 6.35. The van der Waals surface area contributed by atoms with Crippen LogP contribution in [0.5, 0.6) is 0 Å². The number of nitrogen functional groups attached to an aromatic ring is 1. The summed E-state index contributed by atoms with van der Waals surface area (Å²) in [5.74, 6) is 0.547. The number of nitrogens with zero attached hydrogens (tertiary/aromatic N) is 2. The lowest BCUT2D eigenvalue weighted by molar-refractivity contribution is 0.0258. The Morgan fingerprint density at radius 1 is 1.42 bits per heavy atom. The van der Waals surface area contributed by atoms with Gasteiger partial charge < -0.3 is 15.7 Å². The van der Waals surface area contributed by atoms with Crippen LogP contribution in [0.3, 0.4) is 0 Å². The van der Waals surface area contributed by atoms with E-state index in [-0.39, 0.29) is 0 Å². The number of nitrogens with two attached hydrogens (primary N) is 1. The van der Waals surface area contributed by atoms with Gasteiger partial charge in [-0.15, -0.1) is 0 Å². The van der Waals surface area contributed by atoms with Gasteiger partial charge in [-0.3, -0.25) is 0 Å².